The smallest absolute Gasteiger partial charge is 0.260 e. The third-order valence-electron chi connectivity index (χ3n) is 1.94. The molecule has 0 spiro atoms. The number of rotatable bonds is 8. The van der Waals surface area contributed by atoms with Crippen LogP contribution in [0.3, 0.4) is 0 Å². The summed E-state index contributed by atoms with van der Waals surface area (Å²) < 4.78 is 0. The first-order chi connectivity index (χ1) is 7.07. The molecule has 0 unspecified atom stereocenters. The number of hydroxylamine groups is 1. The van der Waals surface area contributed by atoms with E-state index in [1.807, 2.05) is 13.8 Å². The van der Waals surface area contributed by atoms with Gasteiger partial charge >= 0.3 is 0 Å². The zero-order chi connectivity index (χ0) is 11.7. The van der Waals surface area contributed by atoms with E-state index in [2.05, 4.69) is 5.48 Å². The van der Waals surface area contributed by atoms with Crippen molar-refractivity contribution in [2.45, 2.75) is 54.0 Å². The van der Waals surface area contributed by atoms with Crippen LogP contribution in [-0.2, 0) is 9.63 Å². The number of carbonyl (C=O) groups excluding carboxylic acids is 1. The number of nitrogens with one attached hydrogen (secondary N) is 1. The van der Waals surface area contributed by atoms with Crippen molar-refractivity contribution in [2.24, 2.45) is 17.4 Å². The summed E-state index contributed by atoms with van der Waals surface area (Å²) in [5.41, 5.74) is 13.3. The monoisotopic (exact) mass is 249 g/mol. The van der Waals surface area contributed by atoms with Crippen molar-refractivity contribution in [2.75, 3.05) is 13.2 Å². The van der Waals surface area contributed by atoms with Gasteiger partial charge in [0.15, 0.2) is 0 Å². The van der Waals surface area contributed by atoms with Gasteiger partial charge in [-0.1, -0.05) is 28.7 Å². The highest BCUT2D eigenvalue weighted by atomic mass is 16.6. The first kappa shape index (κ1) is 21.6. The molecule has 0 heterocycles. The maximum absolute atomic E-state index is 11.3. The second-order valence-corrected chi connectivity index (χ2v) is 4.05. The molecular weight excluding hydrogens is 218 g/mol. The molecule has 0 aromatic carbocycles. The number of unbranched alkanes of at least 4 members (excludes halogenated alkanes) is 1. The maximum atomic E-state index is 11.3. The summed E-state index contributed by atoms with van der Waals surface area (Å²) in [4.78, 5) is 16.3. The van der Waals surface area contributed by atoms with Crippen LogP contribution in [0.5, 0.6) is 0 Å². The van der Waals surface area contributed by atoms with Crippen molar-refractivity contribution >= 4 is 5.91 Å². The van der Waals surface area contributed by atoms with Crippen molar-refractivity contribution in [3.05, 3.63) is 0 Å². The lowest BCUT2D eigenvalue weighted by Crippen LogP contribution is -2.41. The van der Waals surface area contributed by atoms with Crippen molar-refractivity contribution < 1.29 is 9.63 Å². The highest BCUT2D eigenvalue weighted by molar-refractivity contribution is 5.80. The van der Waals surface area contributed by atoms with Gasteiger partial charge in [-0.3, -0.25) is 9.63 Å². The van der Waals surface area contributed by atoms with Crippen molar-refractivity contribution in [3.8, 4) is 0 Å². The summed E-state index contributed by atoms with van der Waals surface area (Å²) in [7, 11) is 0. The van der Waals surface area contributed by atoms with Gasteiger partial charge in [-0.05, 0) is 31.7 Å². The average molecular weight is 249 g/mol. The summed E-state index contributed by atoms with van der Waals surface area (Å²) in [5.74, 6) is 0.152. The van der Waals surface area contributed by atoms with Crippen LogP contribution in [0.25, 0.3) is 0 Å². The van der Waals surface area contributed by atoms with Crippen LogP contribution in [0, 0.1) is 5.92 Å². The zero-order valence-corrected chi connectivity index (χ0v) is 9.66. The number of hydrogen-bond acceptors (Lipinski definition) is 4. The third kappa shape index (κ3) is 13.3. The van der Waals surface area contributed by atoms with Gasteiger partial charge in [0, 0.05) is 0 Å². The second-order valence-electron chi connectivity index (χ2n) is 4.05. The molecule has 106 valence electrons. The fourth-order valence-corrected chi connectivity index (χ4v) is 1.13. The van der Waals surface area contributed by atoms with Gasteiger partial charge in [0.25, 0.3) is 5.91 Å². The Morgan fingerprint density at radius 1 is 1.29 bits per heavy atom. The Balaban J connectivity index is -0.000000980. The van der Waals surface area contributed by atoms with Crippen LogP contribution in [0.4, 0.5) is 0 Å². The molecule has 0 aliphatic carbocycles. The van der Waals surface area contributed by atoms with E-state index in [9.17, 15) is 4.79 Å². The van der Waals surface area contributed by atoms with Gasteiger partial charge in [0.2, 0.25) is 0 Å². The zero-order valence-electron chi connectivity index (χ0n) is 9.66. The quantitative estimate of drug-likeness (QED) is 0.448. The normalized spacial score (nSPS) is 11.4. The topological polar surface area (TPSA) is 90.4 Å². The van der Waals surface area contributed by atoms with E-state index >= 15 is 0 Å². The highest BCUT2D eigenvalue weighted by Gasteiger charge is 2.14. The first-order valence-electron chi connectivity index (χ1n) is 5.45. The van der Waals surface area contributed by atoms with Gasteiger partial charge < -0.3 is 11.5 Å². The van der Waals surface area contributed by atoms with E-state index in [-0.39, 0.29) is 20.8 Å². The summed E-state index contributed by atoms with van der Waals surface area (Å²) >= 11 is 0. The highest BCUT2D eigenvalue weighted by Crippen LogP contribution is 2.02. The molecule has 0 aliphatic heterocycles. The Hall–Kier alpha value is -0.650. The Bertz CT molecular complexity index is 175. The minimum Gasteiger partial charge on any atom is -0.330 e. The fourth-order valence-electron chi connectivity index (χ4n) is 1.13. The van der Waals surface area contributed by atoms with Crippen molar-refractivity contribution in [3.63, 3.8) is 0 Å². The lowest BCUT2D eigenvalue weighted by atomic mass is 10.0. The minimum absolute atomic E-state index is 0. The van der Waals surface area contributed by atoms with E-state index in [1.54, 1.807) is 0 Å². The largest absolute Gasteiger partial charge is 0.330 e. The summed E-state index contributed by atoms with van der Waals surface area (Å²) in [5, 5.41) is 0. The van der Waals surface area contributed by atoms with E-state index < -0.39 is 6.04 Å². The lowest BCUT2D eigenvalue weighted by Gasteiger charge is -2.13. The van der Waals surface area contributed by atoms with Crippen LogP contribution < -0.4 is 16.9 Å². The average Bonchev–Trinajstić information content (AvgIpc) is 2.16. The Labute approximate surface area is 106 Å². The molecule has 17 heavy (non-hydrogen) atoms. The molecule has 0 rings (SSSR count). The van der Waals surface area contributed by atoms with Crippen molar-refractivity contribution in [1.82, 2.24) is 5.48 Å². The molecule has 1 atom stereocenters. The van der Waals surface area contributed by atoms with Gasteiger partial charge in [-0.25, -0.2) is 5.48 Å². The molecule has 5 N–H and O–H groups in total. The standard InChI is InChI=1S/C10H23N3O2.2CH4/c1-8(2)7-9(12)10(14)13-15-6-4-3-5-11;;/h8-9H,3-7,11-12H2,1-2H3,(H,13,14);2*1H4/t9-;;/m1../s1. The maximum Gasteiger partial charge on any atom is 0.260 e. The van der Waals surface area contributed by atoms with Gasteiger partial charge in [0.1, 0.15) is 0 Å². The molecule has 0 aliphatic rings. The molecule has 1 amide bonds. The van der Waals surface area contributed by atoms with Gasteiger partial charge in [-0.15, -0.1) is 0 Å². The molecular formula is C12H31N3O2. The second kappa shape index (κ2) is 13.4. The molecule has 5 heteroatoms. The van der Waals surface area contributed by atoms with E-state index in [4.69, 9.17) is 16.3 Å². The third-order valence-corrected chi connectivity index (χ3v) is 1.94. The van der Waals surface area contributed by atoms with Gasteiger partial charge in [0.05, 0.1) is 12.6 Å². The molecule has 0 saturated heterocycles. The van der Waals surface area contributed by atoms with Crippen LogP contribution in [-0.4, -0.2) is 25.1 Å². The van der Waals surface area contributed by atoms with Crippen LogP contribution in [0.1, 0.15) is 48.0 Å². The Kier molecular flexibility index (Phi) is 17.1. The van der Waals surface area contributed by atoms with E-state index in [1.165, 1.54) is 0 Å². The SMILES string of the molecule is C.C.CC(C)C[C@@H](N)C(=O)NOCCCCN. The van der Waals surface area contributed by atoms with Gasteiger partial charge in [-0.2, -0.15) is 0 Å². The lowest BCUT2D eigenvalue weighted by molar-refractivity contribution is -0.135. The molecule has 0 aromatic heterocycles. The number of carbonyl (C=O) groups is 1. The fraction of sp³-hybridized carbons (Fsp3) is 0.917. The first-order valence-corrected chi connectivity index (χ1v) is 5.45. The number of nitrogens with two attached hydrogens (primary N) is 2. The predicted octanol–water partition coefficient (Wildman–Crippen LogP) is 1.42. The minimum atomic E-state index is -0.487. The molecule has 0 bridgehead atoms. The number of hydrogen-bond donors (Lipinski definition) is 3. The summed E-state index contributed by atoms with van der Waals surface area (Å²) in [6.45, 7) is 5.17. The molecule has 5 nitrogen and oxygen atoms in total. The molecule has 0 radical (unpaired) electrons. The summed E-state index contributed by atoms with van der Waals surface area (Å²) in [6.07, 6.45) is 2.40. The van der Waals surface area contributed by atoms with E-state index in [0.29, 0.717) is 25.5 Å². The number of amides is 1. The molecule has 0 fully saturated rings. The van der Waals surface area contributed by atoms with Crippen molar-refractivity contribution in [1.29, 1.82) is 0 Å². The van der Waals surface area contributed by atoms with Crippen LogP contribution in [0.15, 0.2) is 0 Å². The Morgan fingerprint density at radius 3 is 2.35 bits per heavy atom. The Morgan fingerprint density at radius 2 is 1.88 bits per heavy atom. The predicted molar refractivity (Wildman–Crippen MR) is 73.3 cm³/mol. The van der Waals surface area contributed by atoms with Crippen LogP contribution >= 0.6 is 0 Å². The van der Waals surface area contributed by atoms with E-state index in [0.717, 1.165) is 12.8 Å². The van der Waals surface area contributed by atoms with Crippen LogP contribution in [0.2, 0.25) is 0 Å². The summed E-state index contributed by atoms with van der Waals surface area (Å²) in [6, 6.07) is -0.487. The molecule has 0 aromatic rings. The molecule has 0 saturated carbocycles.